The summed E-state index contributed by atoms with van der Waals surface area (Å²) in [5.74, 6) is 0.986. The van der Waals surface area contributed by atoms with Crippen molar-refractivity contribution in [3.8, 4) is 5.75 Å². The fraction of sp³-hybridized carbons (Fsp3) is 0.455. The van der Waals surface area contributed by atoms with Gasteiger partial charge in [-0.05, 0) is 36.6 Å². The largest absolute Gasteiger partial charge is 0.494 e. The van der Waals surface area contributed by atoms with Crippen LogP contribution in [0.2, 0.25) is 0 Å². The molecule has 2 heteroatoms. The van der Waals surface area contributed by atoms with Crippen LogP contribution in [-0.2, 0) is 13.1 Å². The van der Waals surface area contributed by atoms with Gasteiger partial charge in [0.1, 0.15) is 5.75 Å². The summed E-state index contributed by atoms with van der Waals surface area (Å²) in [5.41, 5.74) is 3.89. The average molecular weight is 325 g/mol. The van der Waals surface area contributed by atoms with Crippen molar-refractivity contribution in [1.82, 2.24) is 5.32 Å². The molecule has 0 radical (unpaired) electrons. The van der Waals surface area contributed by atoms with Crippen molar-refractivity contribution >= 4 is 0 Å². The van der Waals surface area contributed by atoms with Crippen molar-refractivity contribution in [3.63, 3.8) is 0 Å². The monoisotopic (exact) mass is 325 g/mol. The van der Waals surface area contributed by atoms with E-state index < -0.39 is 0 Å². The summed E-state index contributed by atoms with van der Waals surface area (Å²) in [6.45, 7) is 6.94. The molecule has 2 aromatic rings. The summed E-state index contributed by atoms with van der Waals surface area (Å²) in [7, 11) is 0. The van der Waals surface area contributed by atoms with Crippen molar-refractivity contribution in [2.75, 3.05) is 6.61 Å². The number of ether oxygens (including phenoxy) is 1. The molecule has 0 aliphatic rings. The predicted molar refractivity (Wildman–Crippen MR) is 102 cm³/mol. The molecule has 1 N–H and O–H groups in total. The molecule has 0 aliphatic heterocycles. The van der Waals surface area contributed by atoms with Gasteiger partial charge >= 0.3 is 0 Å². The SMILES string of the molecule is CCCCCCCOc1cccc(CNCc2ccc(C)cc2)c1. The second-order valence-corrected chi connectivity index (χ2v) is 6.50. The lowest BCUT2D eigenvalue weighted by atomic mass is 10.1. The Bertz CT molecular complexity index is 577. The molecule has 2 nitrogen and oxygen atoms in total. The number of aryl methyl sites for hydroxylation is 1. The molecule has 0 saturated heterocycles. The quantitative estimate of drug-likeness (QED) is 0.540. The zero-order valence-corrected chi connectivity index (χ0v) is 15.2. The fourth-order valence-corrected chi connectivity index (χ4v) is 2.70. The van der Waals surface area contributed by atoms with Crippen LogP contribution in [0.25, 0.3) is 0 Å². The van der Waals surface area contributed by atoms with E-state index in [1.807, 2.05) is 0 Å². The highest BCUT2D eigenvalue weighted by molar-refractivity contribution is 5.28. The maximum Gasteiger partial charge on any atom is 0.119 e. The Morgan fingerprint density at radius 2 is 1.58 bits per heavy atom. The number of hydrogen-bond donors (Lipinski definition) is 1. The maximum atomic E-state index is 5.88. The minimum atomic E-state index is 0.823. The second-order valence-electron chi connectivity index (χ2n) is 6.50. The minimum Gasteiger partial charge on any atom is -0.494 e. The summed E-state index contributed by atoms with van der Waals surface area (Å²) >= 11 is 0. The van der Waals surface area contributed by atoms with Crippen LogP contribution in [0.4, 0.5) is 0 Å². The molecule has 0 spiro atoms. The van der Waals surface area contributed by atoms with Crippen molar-refractivity contribution < 1.29 is 4.74 Å². The normalized spacial score (nSPS) is 10.8. The van der Waals surface area contributed by atoms with Gasteiger partial charge in [0.05, 0.1) is 6.61 Å². The lowest BCUT2D eigenvalue weighted by Crippen LogP contribution is -2.12. The Balaban J connectivity index is 1.69. The molecule has 0 atom stereocenters. The van der Waals surface area contributed by atoms with E-state index in [4.69, 9.17) is 4.74 Å². The summed E-state index contributed by atoms with van der Waals surface area (Å²) in [6, 6.07) is 17.1. The van der Waals surface area contributed by atoms with E-state index in [0.717, 1.165) is 31.9 Å². The molecular weight excluding hydrogens is 294 g/mol. The standard InChI is InChI=1S/C22H31NO/c1-3-4-5-6-7-15-24-22-10-8-9-21(16-22)18-23-17-20-13-11-19(2)12-14-20/h8-14,16,23H,3-7,15,17-18H2,1-2H3. The van der Waals surface area contributed by atoms with Crippen LogP contribution in [0, 0.1) is 6.92 Å². The summed E-state index contributed by atoms with van der Waals surface area (Å²) in [6.07, 6.45) is 6.37. The van der Waals surface area contributed by atoms with Gasteiger partial charge in [0.2, 0.25) is 0 Å². The lowest BCUT2D eigenvalue weighted by molar-refractivity contribution is 0.304. The van der Waals surface area contributed by atoms with Crippen LogP contribution in [0.15, 0.2) is 48.5 Å². The van der Waals surface area contributed by atoms with E-state index in [-0.39, 0.29) is 0 Å². The second kappa shape index (κ2) is 10.9. The summed E-state index contributed by atoms with van der Waals surface area (Å²) < 4.78 is 5.88. The van der Waals surface area contributed by atoms with E-state index in [2.05, 4.69) is 67.7 Å². The molecule has 130 valence electrons. The van der Waals surface area contributed by atoms with E-state index in [1.165, 1.54) is 42.4 Å². The van der Waals surface area contributed by atoms with Gasteiger partial charge in [0.25, 0.3) is 0 Å². The van der Waals surface area contributed by atoms with Gasteiger partial charge < -0.3 is 10.1 Å². The van der Waals surface area contributed by atoms with Gasteiger partial charge in [-0.3, -0.25) is 0 Å². The molecule has 0 aliphatic carbocycles. The van der Waals surface area contributed by atoms with Gasteiger partial charge in [0, 0.05) is 13.1 Å². The van der Waals surface area contributed by atoms with Crippen LogP contribution >= 0.6 is 0 Å². The van der Waals surface area contributed by atoms with Crippen LogP contribution in [0.5, 0.6) is 5.75 Å². The third-order valence-corrected chi connectivity index (χ3v) is 4.19. The van der Waals surface area contributed by atoms with Gasteiger partial charge in [-0.25, -0.2) is 0 Å². The van der Waals surface area contributed by atoms with E-state index in [1.54, 1.807) is 0 Å². The molecule has 0 amide bonds. The van der Waals surface area contributed by atoms with E-state index in [9.17, 15) is 0 Å². The molecule has 0 aromatic heterocycles. The molecule has 0 heterocycles. The molecule has 24 heavy (non-hydrogen) atoms. The first-order chi connectivity index (χ1) is 11.8. The first kappa shape index (κ1) is 18.5. The number of hydrogen-bond acceptors (Lipinski definition) is 2. The minimum absolute atomic E-state index is 0.823. The topological polar surface area (TPSA) is 21.3 Å². The Morgan fingerprint density at radius 3 is 2.38 bits per heavy atom. The molecule has 0 saturated carbocycles. The highest BCUT2D eigenvalue weighted by Gasteiger charge is 1.98. The third-order valence-electron chi connectivity index (χ3n) is 4.19. The van der Waals surface area contributed by atoms with Crippen molar-refractivity contribution in [3.05, 3.63) is 65.2 Å². The van der Waals surface area contributed by atoms with Crippen LogP contribution in [0.3, 0.4) is 0 Å². The van der Waals surface area contributed by atoms with E-state index >= 15 is 0 Å². The molecular formula is C22H31NO. The molecule has 2 rings (SSSR count). The molecule has 0 fully saturated rings. The summed E-state index contributed by atoms with van der Waals surface area (Å²) in [4.78, 5) is 0. The molecule has 0 bridgehead atoms. The average Bonchev–Trinajstić information content (AvgIpc) is 2.60. The highest BCUT2D eigenvalue weighted by atomic mass is 16.5. The van der Waals surface area contributed by atoms with Gasteiger partial charge in [-0.2, -0.15) is 0 Å². The van der Waals surface area contributed by atoms with Crippen LogP contribution in [-0.4, -0.2) is 6.61 Å². The number of rotatable bonds is 11. The number of unbranched alkanes of at least 4 members (excludes halogenated alkanes) is 4. The third kappa shape index (κ3) is 7.18. The maximum absolute atomic E-state index is 5.88. The van der Waals surface area contributed by atoms with E-state index in [0.29, 0.717) is 0 Å². The Labute approximate surface area is 147 Å². The molecule has 2 aromatic carbocycles. The van der Waals surface area contributed by atoms with Gasteiger partial charge in [-0.1, -0.05) is 74.6 Å². The Kier molecular flexibility index (Phi) is 8.40. The smallest absolute Gasteiger partial charge is 0.119 e. The Morgan fingerprint density at radius 1 is 0.833 bits per heavy atom. The summed E-state index contributed by atoms with van der Waals surface area (Å²) in [5, 5.41) is 3.50. The first-order valence-corrected chi connectivity index (χ1v) is 9.26. The van der Waals surface area contributed by atoms with Crippen molar-refractivity contribution in [1.29, 1.82) is 0 Å². The number of nitrogens with one attached hydrogen (secondary N) is 1. The Hall–Kier alpha value is -1.80. The fourth-order valence-electron chi connectivity index (χ4n) is 2.70. The number of benzene rings is 2. The zero-order valence-electron chi connectivity index (χ0n) is 15.2. The first-order valence-electron chi connectivity index (χ1n) is 9.26. The van der Waals surface area contributed by atoms with Crippen LogP contribution in [0.1, 0.15) is 55.7 Å². The van der Waals surface area contributed by atoms with Crippen LogP contribution < -0.4 is 10.1 Å². The predicted octanol–water partition coefficient (Wildman–Crippen LogP) is 5.63. The highest BCUT2D eigenvalue weighted by Crippen LogP contribution is 2.14. The van der Waals surface area contributed by atoms with Crippen molar-refractivity contribution in [2.45, 2.75) is 59.0 Å². The zero-order chi connectivity index (χ0) is 17.0. The lowest BCUT2D eigenvalue weighted by Gasteiger charge is -2.09. The van der Waals surface area contributed by atoms with Gasteiger partial charge in [0.15, 0.2) is 0 Å². The van der Waals surface area contributed by atoms with Gasteiger partial charge in [-0.15, -0.1) is 0 Å². The molecule has 0 unspecified atom stereocenters. The van der Waals surface area contributed by atoms with Crippen molar-refractivity contribution in [2.24, 2.45) is 0 Å².